The molecule has 0 unspecified atom stereocenters. The van der Waals surface area contributed by atoms with E-state index >= 15 is 0 Å². The first-order chi connectivity index (χ1) is 9.53. The molecule has 0 aromatic heterocycles. The smallest absolute Gasteiger partial charge is 0.444 e. The van der Waals surface area contributed by atoms with Gasteiger partial charge in [0.2, 0.25) is 0 Å². The monoisotopic (exact) mass is 286 g/mol. The fourth-order valence-electron chi connectivity index (χ4n) is 1.91. The minimum atomic E-state index is -1.81. The summed E-state index contributed by atoms with van der Waals surface area (Å²) in [5.41, 5.74) is 0.195. The highest BCUT2D eigenvalue weighted by atomic mass is 28.3. The van der Waals surface area contributed by atoms with Crippen LogP contribution < -0.4 is 8.85 Å². The van der Waals surface area contributed by atoms with Crippen LogP contribution in [-0.2, 0) is 0 Å². The molecular formula is C17H22O2Si. The highest BCUT2D eigenvalue weighted by Crippen LogP contribution is 2.25. The van der Waals surface area contributed by atoms with Gasteiger partial charge in [-0.1, -0.05) is 57.2 Å². The minimum absolute atomic E-state index is 0.195. The Bertz CT molecular complexity index is 464. The van der Waals surface area contributed by atoms with Gasteiger partial charge in [0.15, 0.2) is 0 Å². The van der Waals surface area contributed by atoms with Crippen molar-refractivity contribution >= 4 is 9.28 Å². The summed E-state index contributed by atoms with van der Waals surface area (Å²) in [7, 11) is -1.81. The van der Waals surface area contributed by atoms with Crippen LogP contribution in [0.1, 0.15) is 20.8 Å². The molecule has 2 aromatic rings. The van der Waals surface area contributed by atoms with Crippen molar-refractivity contribution in [3.05, 3.63) is 60.7 Å². The zero-order chi connectivity index (χ0) is 14.4. The number of para-hydroxylation sites is 2. The fraction of sp³-hybridized carbons (Fsp3) is 0.294. The molecule has 106 valence electrons. The molecule has 0 N–H and O–H groups in total. The van der Waals surface area contributed by atoms with Gasteiger partial charge in [-0.25, -0.2) is 0 Å². The lowest BCUT2D eigenvalue weighted by atomic mass is 10.0. The van der Waals surface area contributed by atoms with Gasteiger partial charge in [0.05, 0.1) is 0 Å². The maximum absolute atomic E-state index is 6.11. The third kappa shape index (κ3) is 5.09. The Balaban J connectivity index is 2.08. The van der Waals surface area contributed by atoms with Crippen LogP contribution in [-0.4, -0.2) is 9.28 Å². The number of rotatable bonds is 5. The van der Waals surface area contributed by atoms with Gasteiger partial charge in [-0.3, -0.25) is 0 Å². The van der Waals surface area contributed by atoms with E-state index in [1.165, 1.54) is 0 Å². The van der Waals surface area contributed by atoms with E-state index in [4.69, 9.17) is 8.85 Å². The Morgan fingerprint density at radius 3 is 1.50 bits per heavy atom. The number of benzene rings is 2. The molecule has 0 aliphatic rings. The van der Waals surface area contributed by atoms with E-state index in [2.05, 4.69) is 20.8 Å². The molecule has 0 aliphatic heterocycles. The maximum atomic E-state index is 6.11. The van der Waals surface area contributed by atoms with Gasteiger partial charge in [-0.15, -0.1) is 0 Å². The first kappa shape index (κ1) is 14.7. The van der Waals surface area contributed by atoms with Crippen LogP contribution >= 0.6 is 0 Å². The lowest BCUT2D eigenvalue weighted by molar-refractivity contribution is 0.369. The van der Waals surface area contributed by atoms with Crippen LogP contribution in [0, 0.1) is 5.41 Å². The zero-order valence-electron chi connectivity index (χ0n) is 12.4. The van der Waals surface area contributed by atoms with Crippen LogP contribution in [0.25, 0.3) is 0 Å². The Morgan fingerprint density at radius 2 is 1.15 bits per heavy atom. The summed E-state index contributed by atoms with van der Waals surface area (Å²) in [6.45, 7) is 6.65. The fourth-order valence-corrected chi connectivity index (χ4v) is 4.05. The summed E-state index contributed by atoms with van der Waals surface area (Å²) in [6, 6.07) is 20.8. The van der Waals surface area contributed by atoms with E-state index in [0.717, 1.165) is 17.5 Å². The van der Waals surface area contributed by atoms with Gasteiger partial charge in [0.1, 0.15) is 11.5 Å². The minimum Gasteiger partial charge on any atom is -0.514 e. The van der Waals surface area contributed by atoms with Gasteiger partial charge in [0.25, 0.3) is 0 Å². The lowest BCUT2D eigenvalue weighted by Crippen LogP contribution is -2.34. The molecule has 0 radical (unpaired) electrons. The molecule has 0 saturated carbocycles. The highest BCUT2D eigenvalue weighted by Gasteiger charge is 2.25. The van der Waals surface area contributed by atoms with Crippen molar-refractivity contribution in [2.75, 3.05) is 0 Å². The second kappa shape index (κ2) is 6.62. The quantitative estimate of drug-likeness (QED) is 0.758. The normalized spacial score (nSPS) is 11.4. The van der Waals surface area contributed by atoms with Crippen molar-refractivity contribution in [1.82, 2.24) is 0 Å². The van der Waals surface area contributed by atoms with Crippen LogP contribution in [0.4, 0.5) is 0 Å². The molecule has 0 amide bonds. The van der Waals surface area contributed by atoms with Gasteiger partial charge < -0.3 is 8.85 Å². The SMILES string of the molecule is CC(C)(C)C[SiH](Oc1ccccc1)Oc1ccccc1. The molecular weight excluding hydrogens is 264 g/mol. The van der Waals surface area contributed by atoms with E-state index in [0.29, 0.717) is 0 Å². The van der Waals surface area contributed by atoms with Crippen molar-refractivity contribution in [3.63, 3.8) is 0 Å². The lowest BCUT2D eigenvalue weighted by Gasteiger charge is -2.25. The average molecular weight is 286 g/mol. The molecule has 0 aliphatic carbocycles. The summed E-state index contributed by atoms with van der Waals surface area (Å²) in [5, 5.41) is 0. The van der Waals surface area contributed by atoms with E-state index in [9.17, 15) is 0 Å². The molecule has 2 rings (SSSR count). The Kier molecular flexibility index (Phi) is 4.85. The second-order valence-electron chi connectivity index (χ2n) is 6.06. The summed E-state index contributed by atoms with van der Waals surface area (Å²) in [5.74, 6) is 1.79. The number of hydrogen-bond donors (Lipinski definition) is 0. The summed E-state index contributed by atoms with van der Waals surface area (Å²) >= 11 is 0. The van der Waals surface area contributed by atoms with Crippen LogP contribution in [0.3, 0.4) is 0 Å². The van der Waals surface area contributed by atoms with E-state index in [-0.39, 0.29) is 5.41 Å². The summed E-state index contributed by atoms with van der Waals surface area (Å²) in [6.07, 6.45) is 0. The average Bonchev–Trinajstić information content (AvgIpc) is 2.39. The first-order valence-corrected chi connectivity index (χ1v) is 8.72. The molecule has 0 heterocycles. The standard InChI is InChI=1S/C17H22O2Si/c1-17(2,3)14-20(18-15-10-6-4-7-11-15)19-16-12-8-5-9-13-16/h4-13,20H,14H2,1-3H3. The third-order valence-electron chi connectivity index (χ3n) is 2.80. The Morgan fingerprint density at radius 1 is 0.750 bits per heavy atom. The van der Waals surface area contributed by atoms with Gasteiger partial charge in [-0.2, -0.15) is 0 Å². The summed E-state index contributed by atoms with van der Waals surface area (Å²) in [4.78, 5) is 0. The molecule has 0 bridgehead atoms. The van der Waals surface area contributed by atoms with E-state index in [1.54, 1.807) is 0 Å². The van der Waals surface area contributed by atoms with Crippen molar-refractivity contribution < 1.29 is 8.85 Å². The van der Waals surface area contributed by atoms with E-state index in [1.807, 2.05) is 60.7 Å². The first-order valence-electron chi connectivity index (χ1n) is 6.96. The molecule has 3 heteroatoms. The van der Waals surface area contributed by atoms with Crippen molar-refractivity contribution in [2.24, 2.45) is 5.41 Å². The molecule has 0 spiro atoms. The summed E-state index contributed by atoms with van der Waals surface area (Å²) < 4.78 is 12.2. The second-order valence-corrected chi connectivity index (χ2v) is 7.79. The predicted octanol–water partition coefficient (Wildman–Crippen LogP) is 4.41. The van der Waals surface area contributed by atoms with E-state index < -0.39 is 9.28 Å². The van der Waals surface area contributed by atoms with Crippen LogP contribution in [0.15, 0.2) is 60.7 Å². The van der Waals surface area contributed by atoms with Crippen LogP contribution in [0.2, 0.25) is 6.04 Å². The van der Waals surface area contributed by atoms with Crippen molar-refractivity contribution in [3.8, 4) is 11.5 Å². The topological polar surface area (TPSA) is 18.5 Å². The third-order valence-corrected chi connectivity index (χ3v) is 5.43. The molecule has 2 nitrogen and oxygen atoms in total. The maximum Gasteiger partial charge on any atom is 0.444 e. The highest BCUT2D eigenvalue weighted by molar-refractivity contribution is 6.46. The van der Waals surface area contributed by atoms with Crippen molar-refractivity contribution in [2.45, 2.75) is 26.8 Å². The van der Waals surface area contributed by atoms with Gasteiger partial charge in [0, 0.05) is 6.04 Å². The number of hydrogen-bond acceptors (Lipinski definition) is 2. The molecule has 20 heavy (non-hydrogen) atoms. The largest absolute Gasteiger partial charge is 0.514 e. The van der Waals surface area contributed by atoms with Gasteiger partial charge in [-0.05, 0) is 29.7 Å². The van der Waals surface area contributed by atoms with Crippen LogP contribution in [0.5, 0.6) is 11.5 Å². The Hall–Kier alpha value is -1.74. The predicted molar refractivity (Wildman–Crippen MR) is 85.6 cm³/mol. The molecule has 0 saturated heterocycles. The molecule has 0 atom stereocenters. The zero-order valence-corrected chi connectivity index (χ0v) is 13.5. The van der Waals surface area contributed by atoms with Crippen molar-refractivity contribution in [1.29, 1.82) is 0 Å². The Labute approximate surface area is 123 Å². The molecule has 0 fully saturated rings. The van der Waals surface area contributed by atoms with Gasteiger partial charge >= 0.3 is 9.28 Å². The molecule has 2 aromatic carbocycles.